The summed E-state index contributed by atoms with van der Waals surface area (Å²) in [5.74, 6) is -0.00940. The summed E-state index contributed by atoms with van der Waals surface area (Å²) in [6.07, 6.45) is 5.24. The number of allylic oxidation sites excluding steroid dienone is 1. The predicted molar refractivity (Wildman–Crippen MR) is 73.2 cm³/mol. The molecule has 18 heavy (non-hydrogen) atoms. The van der Waals surface area contributed by atoms with Crippen LogP contribution in [0.25, 0.3) is 0 Å². The quantitative estimate of drug-likeness (QED) is 0.911. The Bertz CT molecular complexity index is 482. The molecule has 1 saturated heterocycles. The number of nitrogens with two attached hydrogens (primary N) is 1. The van der Waals surface area contributed by atoms with Crippen LogP contribution in [0.4, 0.5) is 0 Å². The van der Waals surface area contributed by atoms with Crippen LogP contribution in [0.15, 0.2) is 36.5 Å². The van der Waals surface area contributed by atoms with Crippen molar-refractivity contribution in [2.75, 3.05) is 6.54 Å². The van der Waals surface area contributed by atoms with Crippen molar-refractivity contribution in [3.63, 3.8) is 0 Å². The van der Waals surface area contributed by atoms with Gasteiger partial charge >= 0.3 is 0 Å². The molecule has 1 unspecified atom stereocenters. The summed E-state index contributed by atoms with van der Waals surface area (Å²) in [6.45, 7) is 2.47. The van der Waals surface area contributed by atoms with E-state index in [1.54, 1.807) is 11.8 Å². The van der Waals surface area contributed by atoms with Crippen LogP contribution in [0.2, 0.25) is 5.02 Å². The first-order valence-corrected chi connectivity index (χ1v) is 6.38. The molecule has 2 N–H and O–H groups in total. The van der Waals surface area contributed by atoms with Crippen LogP contribution in [0, 0.1) is 0 Å². The summed E-state index contributed by atoms with van der Waals surface area (Å²) in [7, 11) is 0. The van der Waals surface area contributed by atoms with Gasteiger partial charge in [-0.25, -0.2) is 0 Å². The molecule has 1 aromatic carbocycles. The van der Waals surface area contributed by atoms with Gasteiger partial charge in [0.05, 0.1) is 5.54 Å². The second kappa shape index (κ2) is 5.12. The number of amides is 1. The molecule has 1 atom stereocenters. The first-order valence-electron chi connectivity index (χ1n) is 6.00. The molecule has 1 amide bonds. The van der Waals surface area contributed by atoms with E-state index in [-0.39, 0.29) is 5.91 Å². The van der Waals surface area contributed by atoms with E-state index in [9.17, 15) is 4.79 Å². The highest BCUT2D eigenvalue weighted by Crippen LogP contribution is 2.20. The molecule has 1 aromatic rings. The minimum atomic E-state index is -0.708. The normalized spacial score (nSPS) is 24.2. The molecular weight excluding hydrogens is 248 g/mol. The van der Waals surface area contributed by atoms with Crippen LogP contribution in [0.3, 0.4) is 0 Å². The van der Waals surface area contributed by atoms with Crippen LogP contribution in [-0.4, -0.2) is 22.9 Å². The van der Waals surface area contributed by atoms with Crippen molar-refractivity contribution in [3.8, 4) is 0 Å². The van der Waals surface area contributed by atoms with Crippen molar-refractivity contribution < 1.29 is 4.79 Å². The molecule has 0 aliphatic carbocycles. The SMILES string of the molecule is CC1(N)CCN(C=CCc2cccc(Cl)c2)C1=O. The van der Waals surface area contributed by atoms with Gasteiger partial charge in [0.15, 0.2) is 0 Å². The van der Waals surface area contributed by atoms with E-state index in [0.29, 0.717) is 13.0 Å². The molecule has 1 fully saturated rings. The molecule has 1 aliphatic rings. The zero-order valence-electron chi connectivity index (χ0n) is 10.4. The number of likely N-dealkylation sites (tertiary alicyclic amines) is 1. The Morgan fingerprint density at radius 2 is 2.33 bits per heavy atom. The van der Waals surface area contributed by atoms with Crippen molar-refractivity contribution in [3.05, 3.63) is 47.1 Å². The fourth-order valence-electron chi connectivity index (χ4n) is 2.01. The number of hydrogen-bond acceptors (Lipinski definition) is 2. The molecule has 0 radical (unpaired) electrons. The molecule has 0 bridgehead atoms. The van der Waals surface area contributed by atoms with Crippen molar-refractivity contribution in [2.24, 2.45) is 5.73 Å². The minimum Gasteiger partial charge on any atom is -0.318 e. The van der Waals surface area contributed by atoms with Gasteiger partial charge in [-0.15, -0.1) is 0 Å². The van der Waals surface area contributed by atoms with E-state index in [2.05, 4.69) is 0 Å². The van der Waals surface area contributed by atoms with Crippen LogP contribution >= 0.6 is 11.6 Å². The third-order valence-corrected chi connectivity index (χ3v) is 3.38. The van der Waals surface area contributed by atoms with Gasteiger partial charge in [0.25, 0.3) is 0 Å². The maximum Gasteiger partial charge on any atom is 0.246 e. The van der Waals surface area contributed by atoms with E-state index in [1.807, 2.05) is 36.5 Å². The zero-order chi connectivity index (χ0) is 13.2. The standard InChI is InChI=1S/C14H17ClN2O/c1-14(16)7-9-17(13(14)18)8-3-5-11-4-2-6-12(15)10-11/h2-4,6,8,10H,5,7,9,16H2,1H3. The Kier molecular flexibility index (Phi) is 3.73. The number of benzene rings is 1. The van der Waals surface area contributed by atoms with Gasteiger partial charge in [0.2, 0.25) is 5.91 Å². The third-order valence-electron chi connectivity index (χ3n) is 3.15. The Morgan fingerprint density at radius 3 is 2.94 bits per heavy atom. The van der Waals surface area contributed by atoms with Crippen LogP contribution in [0.5, 0.6) is 0 Å². The lowest BCUT2D eigenvalue weighted by molar-refractivity contribution is -0.129. The molecule has 2 rings (SSSR count). The average molecular weight is 265 g/mol. The predicted octanol–water partition coefficient (Wildman–Crippen LogP) is 2.35. The van der Waals surface area contributed by atoms with Crippen molar-refractivity contribution in [1.29, 1.82) is 0 Å². The molecule has 0 aromatic heterocycles. The fraction of sp³-hybridized carbons (Fsp3) is 0.357. The highest BCUT2D eigenvalue weighted by atomic mass is 35.5. The van der Waals surface area contributed by atoms with Gasteiger partial charge in [-0.05, 0) is 37.5 Å². The lowest BCUT2D eigenvalue weighted by Crippen LogP contribution is -2.43. The summed E-state index contributed by atoms with van der Waals surface area (Å²) < 4.78 is 0. The third kappa shape index (κ3) is 2.92. The number of nitrogens with zero attached hydrogens (tertiary/aromatic N) is 1. The Labute approximate surface area is 112 Å². The smallest absolute Gasteiger partial charge is 0.246 e. The molecule has 0 spiro atoms. The number of carbonyl (C=O) groups is 1. The molecule has 96 valence electrons. The second-order valence-corrected chi connectivity index (χ2v) is 5.32. The molecule has 0 saturated carbocycles. The molecule has 1 heterocycles. The molecule has 1 aliphatic heterocycles. The Hall–Kier alpha value is -1.32. The number of halogens is 1. The van der Waals surface area contributed by atoms with Gasteiger partial charge < -0.3 is 10.6 Å². The van der Waals surface area contributed by atoms with Crippen molar-refractivity contribution in [2.45, 2.75) is 25.3 Å². The first kappa shape index (κ1) is 13.1. The summed E-state index contributed by atoms with van der Waals surface area (Å²) in [6, 6.07) is 7.70. The Balaban J connectivity index is 1.95. The number of hydrogen-bond donors (Lipinski definition) is 1. The summed E-state index contributed by atoms with van der Waals surface area (Å²) in [5, 5.41) is 0.729. The van der Waals surface area contributed by atoms with E-state index in [1.165, 1.54) is 0 Å². The van der Waals surface area contributed by atoms with Crippen molar-refractivity contribution in [1.82, 2.24) is 4.90 Å². The lowest BCUT2D eigenvalue weighted by atomic mass is 10.0. The lowest BCUT2D eigenvalue weighted by Gasteiger charge is -2.15. The Morgan fingerprint density at radius 1 is 1.56 bits per heavy atom. The maximum absolute atomic E-state index is 11.9. The number of rotatable bonds is 3. The van der Waals surface area contributed by atoms with Gasteiger partial charge in [-0.2, -0.15) is 0 Å². The second-order valence-electron chi connectivity index (χ2n) is 4.88. The molecule has 4 heteroatoms. The molecular formula is C14H17ClN2O. The average Bonchev–Trinajstić information content (AvgIpc) is 2.56. The minimum absolute atomic E-state index is 0.00940. The summed E-state index contributed by atoms with van der Waals surface area (Å²) >= 11 is 5.91. The maximum atomic E-state index is 11.9. The van der Waals surface area contributed by atoms with Gasteiger partial charge in [-0.1, -0.05) is 29.8 Å². The van der Waals surface area contributed by atoms with Crippen LogP contribution < -0.4 is 5.73 Å². The zero-order valence-corrected chi connectivity index (χ0v) is 11.2. The van der Waals surface area contributed by atoms with E-state index >= 15 is 0 Å². The fourth-order valence-corrected chi connectivity index (χ4v) is 2.22. The highest BCUT2D eigenvalue weighted by Gasteiger charge is 2.38. The van der Waals surface area contributed by atoms with E-state index < -0.39 is 5.54 Å². The monoisotopic (exact) mass is 264 g/mol. The number of carbonyl (C=O) groups excluding carboxylic acids is 1. The summed E-state index contributed by atoms with van der Waals surface area (Å²) in [5.41, 5.74) is 6.29. The van der Waals surface area contributed by atoms with Crippen molar-refractivity contribution >= 4 is 17.5 Å². The highest BCUT2D eigenvalue weighted by molar-refractivity contribution is 6.30. The molecule has 3 nitrogen and oxygen atoms in total. The van der Waals surface area contributed by atoms with Crippen LogP contribution in [-0.2, 0) is 11.2 Å². The van der Waals surface area contributed by atoms with Gasteiger partial charge in [0, 0.05) is 17.8 Å². The van der Waals surface area contributed by atoms with E-state index in [4.69, 9.17) is 17.3 Å². The first-order chi connectivity index (χ1) is 8.49. The van der Waals surface area contributed by atoms with E-state index in [0.717, 1.165) is 17.0 Å². The van der Waals surface area contributed by atoms with Gasteiger partial charge in [0.1, 0.15) is 0 Å². The van der Waals surface area contributed by atoms with Crippen LogP contribution in [0.1, 0.15) is 18.9 Å². The largest absolute Gasteiger partial charge is 0.318 e. The summed E-state index contributed by atoms with van der Waals surface area (Å²) in [4.78, 5) is 13.5. The van der Waals surface area contributed by atoms with Gasteiger partial charge in [-0.3, -0.25) is 4.79 Å². The topological polar surface area (TPSA) is 46.3 Å².